The molecule has 0 aliphatic heterocycles. The fraction of sp³-hybridized carbons (Fsp3) is 0.944. The molecule has 0 radical (unpaired) electrons. The zero-order valence-electron chi connectivity index (χ0n) is 15.2. The molecule has 0 spiro atoms. The molecular weight excluding hydrogens is 290 g/mol. The molecule has 5 nitrogen and oxygen atoms in total. The van der Waals surface area contributed by atoms with Gasteiger partial charge in [0, 0.05) is 40.0 Å². The Labute approximate surface area is 142 Å². The number of nitrogens with one attached hydrogen (secondary N) is 2. The molecule has 1 fully saturated rings. The monoisotopic (exact) mass is 327 g/mol. The molecule has 0 unspecified atom stereocenters. The summed E-state index contributed by atoms with van der Waals surface area (Å²) in [5.74, 6) is 0.889. The highest BCUT2D eigenvalue weighted by Gasteiger charge is 2.12. The summed E-state index contributed by atoms with van der Waals surface area (Å²) in [7, 11) is 1.82. The van der Waals surface area contributed by atoms with Crippen molar-refractivity contribution >= 4 is 5.96 Å². The maximum atomic E-state index is 5.95. The average molecular weight is 328 g/mol. The van der Waals surface area contributed by atoms with Crippen LogP contribution in [0.1, 0.15) is 64.7 Å². The lowest BCUT2D eigenvalue weighted by molar-refractivity contribution is 0.0264. The van der Waals surface area contributed by atoms with E-state index in [0.717, 1.165) is 51.7 Å². The summed E-state index contributed by atoms with van der Waals surface area (Å²) in [6, 6.07) is 0. The largest absolute Gasteiger partial charge is 0.382 e. The van der Waals surface area contributed by atoms with Crippen molar-refractivity contribution in [3.05, 3.63) is 0 Å². The standard InChI is InChI=1S/C18H37N3O2/c1-3-22-15-10-14-21-18(19-2)20-13-8-5-9-16-23-17-11-6-4-7-12-17/h17H,3-16H2,1-2H3,(H2,19,20,21). The predicted octanol–water partition coefficient (Wildman–Crippen LogP) is 3.10. The van der Waals surface area contributed by atoms with Gasteiger partial charge in [-0.25, -0.2) is 0 Å². The smallest absolute Gasteiger partial charge is 0.190 e. The van der Waals surface area contributed by atoms with Gasteiger partial charge in [-0.1, -0.05) is 19.3 Å². The number of ether oxygens (including phenoxy) is 2. The van der Waals surface area contributed by atoms with Crippen LogP contribution in [0, 0.1) is 0 Å². The molecule has 1 saturated carbocycles. The summed E-state index contributed by atoms with van der Waals surface area (Å²) in [6.45, 7) is 6.41. The van der Waals surface area contributed by atoms with Gasteiger partial charge in [0.1, 0.15) is 0 Å². The number of rotatable bonds is 12. The van der Waals surface area contributed by atoms with Crippen LogP contribution in [0.25, 0.3) is 0 Å². The van der Waals surface area contributed by atoms with Gasteiger partial charge in [0.15, 0.2) is 5.96 Å². The van der Waals surface area contributed by atoms with Gasteiger partial charge < -0.3 is 20.1 Å². The van der Waals surface area contributed by atoms with Gasteiger partial charge in [-0.05, 0) is 45.4 Å². The first-order chi connectivity index (χ1) is 11.4. The molecule has 1 aliphatic rings. The molecule has 0 aromatic rings. The lowest BCUT2D eigenvalue weighted by atomic mass is 9.98. The summed E-state index contributed by atoms with van der Waals surface area (Å²) < 4.78 is 11.3. The molecule has 23 heavy (non-hydrogen) atoms. The summed E-state index contributed by atoms with van der Waals surface area (Å²) in [5.41, 5.74) is 0. The molecule has 0 aromatic carbocycles. The highest BCUT2D eigenvalue weighted by Crippen LogP contribution is 2.20. The van der Waals surface area contributed by atoms with Crippen molar-refractivity contribution in [2.75, 3.05) is 40.0 Å². The second kappa shape index (κ2) is 14.8. The topological polar surface area (TPSA) is 54.9 Å². The van der Waals surface area contributed by atoms with Crippen molar-refractivity contribution in [1.82, 2.24) is 10.6 Å². The van der Waals surface area contributed by atoms with Gasteiger partial charge in [-0.15, -0.1) is 0 Å². The summed E-state index contributed by atoms with van der Waals surface area (Å²) in [6.07, 6.45) is 11.7. The molecular formula is C18H37N3O2. The van der Waals surface area contributed by atoms with Crippen LogP contribution in [-0.4, -0.2) is 52.0 Å². The van der Waals surface area contributed by atoms with Gasteiger partial charge in [0.05, 0.1) is 6.10 Å². The molecule has 0 atom stereocenters. The van der Waals surface area contributed by atoms with Crippen LogP contribution in [0.2, 0.25) is 0 Å². The van der Waals surface area contributed by atoms with Crippen LogP contribution in [-0.2, 0) is 9.47 Å². The van der Waals surface area contributed by atoms with E-state index in [1.165, 1.54) is 44.9 Å². The van der Waals surface area contributed by atoms with Crippen molar-refractivity contribution in [3.8, 4) is 0 Å². The lowest BCUT2D eigenvalue weighted by Gasteiger charge is -2.21. The van der Waals surface area contributed by atoms with E-state index in [-0.39, 0.29) is 0 Å². The van der Waals surface area contributed by atoms with Crippen LogP contribution in [0.15, 0.2) is 4.99 Å². The highest BCUT2D eigenvalue weighted by atomic mass is 16.5. The number of aliphatic imine (C=N–C) groups is 1. The zero-order valence-corrected chi connectivity index (χ0v) is 15.2. The van der Waals surface area contributed by atoms with Gasteiger partial charge in [0.25, 0.3) is 0 Å². The Balaban J connectivity index is 1.88. The second-order valence-corrected chi connectivity index (χ2v) is 6.17. The number of unbranched alkanes of at least 4 members (excludes halogenated alkanes) is 2. The summed E-state index contributed by atoms with van der Waals surface area (Å²) in [5, 5.41) is 6.67. The third kappa shape index (κ3) is 11.4. The molecule has 136 valence electrons. The maximum absolute atomic E-state index is 5.95. The van der Waals surface area contributed by atoms with Gasteiger partial charge in [-0.2, -0.15) is 0 Å². The minimum atomic E-state index is 0.543. The third-order valence-corrected chi connectivity index (χ3v) is 4.20. The second-order valence-electron chi connectivity index (χ2n) is 6.17. The summed E-state index contributed by atoms with van der Waals surface area (Å²) in [4.78, 5) is 4.23. The number of hydrogen-bond donors (Lipinski definition) is 2. The molecule has 1 rings (SSSR count). The van der Waals surface area contributed by atoms with Crippen LogP contribution in [0.4, 0.5) is 0 Å². The molecule has 5 heteroatoms. The van der Waals surface area contributed by atoms with Crippen LogP contribution in [0.5, 0.6) is 0 Å². The zero-order chi connectivity index (χ0) is 16.6. The van der Waals surface area contributed by atoms with Gasteiger partial charge in [0.2, 0.25) is 0 Å². The Morgan fingerprint density at radius 2 is 1.70 bits per heavy atom. The van der Waals surface area contributed by atoms with Crippen molar-refractivity contribution in [2.45, 2.75) is 70.8 Å². The van der Waals surface area contributed by atoms with Crippen LogP contribution >= 0.6 is 0 Å². The minimum Gasteiger partial charge on any atom is -0.382 e. The van der Waals surface area contributed by atoms with E-state index in [0.29, 0.717) is 6.10 Å². The molecule has 0 aromatic heterocycles. The van der Waals surface area contributed by atoms with E-state index in [4.69, 9.17) is 9.47 Å². The molecule has 0 saturated heterocycles. The Morgan fingerprint density at radius 1 is 0.957 bits per heavy atom. The first kappa shape index (κ1) is 20.2. The summed E-state index contributed by atoms with van der Waals surface area (Å²) >= 11 is 0. The Kier molecular flexibility index (Phi) is 13.0. The number of nitrogens with zero attached hydrogens (tertiary/aromatic N) is 1. The SMILES string of the molecule is CCOCCCNC(=NC)NCCCCCOC1CCCCC1. The van der Waals surface area contributed by atoms with Crippen molar-refractivity contribution in [3.63, 3.8) is 0 Å². The third-order valence-electron chi connectivity index (χ3n) is 4.20. The first-order valence-electron chi connectivity index (χ1n) is 9.50. The quantitative estimate of drug-likeness (QED) is 0.328. The highest BCUT2D eigenvalue weighted by molar-refractivity contribution is 5.79. The average Bonchev–Trinajstić information content (AvgIpc) is 2.59. The van der Waals surface area contributed by atoms with Gasteiger partial charge >= 0.3 is 0 Å². The van der Waals surface area contributed by atoms with Gasteiger partial charge in [-0.3, -0.25) is 4.99 Å². The van der Waals surface area contributed by atoms with E-state index in [9.17, 15) is 0 Å². The maximum Gasteiger partial charge on any atom is 0.190 e. The Bertz CT molecular complexity index is 292. The van der Waals surface area contributed by atoms with E-state index in [2.05, 4.69) is 15.6 Å². The van der Waals surface area contributed by atoms with E-state index in [1.807, 2.05) is 14.0 Å². The van der Waals surface area contributed by atoms with Crippen molar-refractivity contribution in [2.24, 2.45) is 4.99 Å². The molecule has 0 bridgehead atoms. The van der Waals surface area contributed by atoms with E-state index < -0.39 is 0 Å². The lowest BCUT2D eigenvalue weighted by Crippen LogP contribution is -2.38. The van der Waals surface area contributed by atoms with Crippen molar-refractivity contribution < 1.29 is 9.47 Å². The van der Waals surface area contributed by atoms with Crippen LogP contribution < -0.4 is 10.6 Å². The fourth-order valence-electron chi connectivity index (χ4n) is 2.84. The molecule has 0 amide bonds. The minimum absolute atomic E-state index is 0.543. The molecule has 0 heterocycles. The molecule has 2 N–H and O–H groups in total. The number of hydrogen-bond acceptors (Lipinski definition) is 3. The predicted molar refractivity (Wildman–Crippen MR) is 97.2 cm³/mol. The van der Waals surface area contributed by atoms with Crippen LogP contribution in [0.3, 0.4) is 0 Å². The van der Waals surface area contributed by atoms with E-state index in [1.54, 1.807) is 0 Å². The normalized spacial score (nSPS) is 16.5. The fourth-order valence-corrected chi connectivity index (χ4v) is 2.84. The van der Waals surface area contributed by atoms with Crippen molar-refractivity contribution in [1.29, 1.82) is 0 Å². The first-order valence-corrected chi connectivity index (χ1v) is 9.50. The molecule has 1 aliphatic carbocycles. The Morgan fingerprint density at radius 3 is 2.39 bits per heavy atom. The number of guanidine groups is 1. The Hall–Kier alpha value is -0.810. The van der Waals surface area contributed by atoms with E-state index >= 15 is 0 Å².